The molecule has 4 heteroatoms. The normalized spacial score (nSPS) is 10.1. The van der Waals surface area contributed by atoms with Gasteiger partial charge in [-0.25, -0.2) is 0 Å². The minimum Gasteiger partial charge on any atom is -0.481 e. The Bertz CT molecular complexity index is 404. The van der Waals surface area contributed by atoms with E-state index in [1.54, 1.807) is 38.1 Å². The van der Waals surface area contributed by atoms with Gasteiger partial charge >= 0.3 is 5.97 Å². The third-order valence-electron chi connectivity index (χ3n) is 2.31. The van der Waals surface area contributed by atoms with Crippen LogP contribution in [0.1, 0.15) is 25.0 Å². The van der Waals surface area contributed by atoms with E-state index in [1.807, 2.05) is 6.07 Å². The Morgan fingerprint density at radius 3 is 2.25 bits per heavy atom. The van der Waals surface area contributed by atoms with Gasteiger partial charge in [0.2, 0.25) is 0 Å². The van der Waals surface area contributed by atoms with Gasteiger partial charge < -0.3 is 5.11 Å². The number of rotatable bonds is 3. The number of carboxylic acids is 1. The number of carbonyl (C=O) groups is 1. The van der Waals surface area contributed by atoms with Crippen molar-refractivity contribution in [3.05, 3.63) is 35.4 Å². The summed E-state index contributed by atoms with van der Waals surface area (Å²) in [5.74, 6) is -0.813. The molecule has 80 valence electrons. The van der Waals surface area contributed by atoms with Gasteiger partial charge in [0.25, 0.3) is 0 Å². The molecule has 1 rings (SSSR count). The fourth-order valence-corrected chi connectivity index (χ4v) is 1.28. The largest absolute Gasteiger partial charge is 0.481 e. The molecule has 0 spiro atoms. The quantitative estimate of drug-likeness (QED) is 0.855. The summed E-state index contributed by atoms with van der Waals surface area (Å²) in [6, 6.07) is 9.02. The molecule has 0 saturated heterocycles. The van der Waals surface area contributed by atoms with Crippen LogP contribution in [-0.2, 0) is 30.7 Å². The van der Waals surface area contributed by atoms with E-state index in [-0.39, 0.29) is 19.5 Å². The van der Waals surface area contributed by atoms with Crippen molar-refractivity contribution < 1.29 is 29.4 Å². The summed E-state index contributed by atoms with van der Waals surface area (Å²) < 4.78 is 0. The first-order valence-corrected chi connectivity index (χ1v) is 4.68. The Morgan fingerprint density at radius 1 is 1.38 bits per heavy atom. The number of benzene rings is 1. The first kappa shape index (κ1) is 14.8. The van der Waals surface area contributed by atoms with E-state index in [0.717, 1.165) is 5.56 Å². The summed E-state index contributed by atoms with van der Waals surface area (Å²) in [7, 11) is 0. The molecule has 0 aromatic heterocycles. The van der Waals surface area contributed by atoms with Gasteiger partial charge in [0, 0.05) is 19.5 Å². The Labute approximate surface area is 108 Å². The van der Waals surface area contributed by atoms with Crippen molar-refractivity contribution in [3.8, 4) is 6.07 Å². The maximum Gasteiger partial charge on any atom is 0.309 e. The predicted octanol–water partition coefficient (Wildman–Crippen LogP) is 2.21. The topological polar surface area (TPSA) is 61.1 Å². The van der Waals surface area contributed by atoms with Gasteiger partial charge in [0.05, 0.1) is 17.0 Å². The Morgan fingerprint density at radius 2 is 1.88 bits per heavy atom. The number of hydrogen-bond donors (Lipinski definition) is 1. The molecule has 1 aromatic carbocycles. The average Bonchev–Trinajstić information content (AvgIpc) is 2.18. The van der Waals surface area contributed by atoms with Crippen molar-refractivity contribution in [2.24, 2.45) is 5.41 Å². The number of carboxylic acid groups (broad SMARTS) is 1. The molecule has 1 aromatic rings. The van der Waals surface area contributed by atoms with Gasteiger partial charge in [-0.2, -0.15) is 5.26 Å². The molecule has 1 N–H and O–H groups in total. The minimum absolute atomic E-state index is 0. The molecule has 0 aliphatic rings. The van der Waals surface area contributed by atoms with Crippen molar-refractivity contribution in [2.75, 3.05) is 0 Å². The average molecular weight is 269 g/mol. The molecule has 0 amide bonds. The van der Waals surface area contributed by atoms with Crippen LogP contribution in [0.5, 0.6) is 0 Å². The minimum atomic E-state index is -0.813. The van der Waals surface area contributed by atoms with Crippen molar-refractivity contribution >= 4 is 5.97 Å². The number of nitriles is 1. The molecule has 0 fully saturated rings. The number of hydrogen-bond acceptors (Lipinski definition) is 2. The first-order chi connectivity index (χ1) is 6.95. The van der Waals surface area contributed by atoms with Gasteiger partial charge in [-0.05, 0) is 38.0 Å². The Hall–Kier alpha value is -1.20. The van der Waals surface area contributed by atoms with Gasteiger partial charge in [-0.3, -0.25) is 4.79 Å². The van der Waals surface area contributed by atoms with E-state index in [2.05, 4.69) is 0 Å². The van der Waals surface area contributed by atoms with Crippen LogP contribution in [-0.4, -0.2) is 11.1 Å². The zero-order valence-electron chi connectivity index (χ0n) is 9.53. The van der Waals surface area contributed by atoms with E-state index in [9.17, 15) is 4.79 Å². The molecule has 16 heavy (non-hydrogen) atoms. The molecule has 0 bridgehead atoms. The van der Waals surface area contributed by atoms with Crippen LogP contribution in [0.4, 0.5) is 0 Å². The van der Waals surface area contributed by atoms with Crippen LogP contribution >= 0.6 is 0 Å². The van der Waals surface area contributed by atoms with Crippen molar-refractivity contribution in [3.63, 3.8) is 0 Å². The zero-order chi connectivity index (χ0) is 11.5. The van der Waals surface area contributed by atoms with Gasteiger partial charge in [-0.1, -0.05) is 12.1 Å². The maximum atomic E-state index is 10.9. The van der Waals surface area contributed by atoms with Crippen LogP contribution in [0.3, 0.4) is 0 Å². The van der Waals surface area contributed by atoms with Gasteiger partial charge in [0.15, 0.2) is 0 Å². The molecular weight excluding hydrogens is 256 g/mol. The summed E-state index contributed by atoms with van der Waals surface area (Å²) in [4.78, 5) is 10.9. The molecule has 0 atom stereocenters. The van der Waals surface area contributed by atoms with Crippen LogP contribution in [0.15, 0.2) is 24.3 Å². The number of aliphatic carboxylic acids is 1. The zero-order valence-corrected chi connectivity index (χ0v) is 12.5. The summed E-state index contributed by atoms with van der Waals surface area (Å²) in [5.41, 5.74) is 0.752. The standard InChI is InChI=1S/C12H13NO2.Zn/c1-12(2,11(14)15)7-9-3-5-10(8-13)6-4-9;/h3-6H,7H2,1-2H3,(H,14,15);. The molecular formula is C12H13NO2Zn. The predicted molar refractivity (Wildman–Crippen MR) is 56.3 cm³/mol. The Balaban J connectivity index is 0.00000225. The third-order valence-corrected chi connectivity index (χ3v) is 2.31. The van der Waals surface area contributed by atoms with E-state index in [4.69, 9.17) is 10.4 Å². The maximum absolute atomic E-state index is 10.9. The van der Waals surface area contributed by atoms with Crippen LogP contribution < -0.4 is 0 Å². The second-order valence-electron chi connectivity index (χ2n) is 4.17. The van der Waals surface area contributed by atoms with Crippen molar-refractivity contribution in [1.29, 1.82) is 5.26 Å². The monoisotopic (exact) mass is 267 g/mol. The van der Waals surface area contributed by atoms with Crippen LogP contribution in [0.25, 0.3) is 0 Å². The molecule has 0 aliphatic heterocycles. The fraction of sp³-hybridized carbons (Fsp3) is 0.333. The molecule has 0 saturated carbocycles. The summed E-state index contributed by atoms with van der Waals surface area (Å²) in [6.07, 6.45) is 0.466. The molecule has 0 aliphatic carbocycles. The van der Waals surface area contributed by atoms with E-state index >= 15 is 0 Å². The van der Waals surface area contributed by atoms with Crippen LogP contribution in [0.2, 0.25) is 0 Å². The number of nitrogens with zero attached hydrogens (tertiary/aromatic N) is 1. The molecule has 0 heterocycles. The van der Waals surface area contributed by atoms with Crippen molar-refractivity contribution in [2.45, 2.75) is 20.3 Å². The van der Waals surface area contributed by atoms with E-state index in [1.165, 1.54) is 0 Å². The van der Waals surface area contributed by atoms with Gasteiger partial charge in [0.1, 0.15) is 0 Å². The first-order valence-electron chi connectivity index (χ1n) is 4.68. The Kier molecular flexibility index (Phi) is 5.34. The molecule has 0 unspecified atom stereocenters. The summed E-state index contributed by atoms with van der Waals surface area (Å²) >= 11 is 0. The smallest absolute Gasteiger partial charge is 0.309 e. The molecule has 0 radical (unpaired) electrons. The van der Waals surface area contributed by atoms with Crippen molar-refractivity contribution in [1.82, 2.24) is 0 Å². The van der Waals surface area contributed by atoms with Crippen LogP contribution in [0, 0.1) is 16.7 Å². The summed E-state index contributed by atoms with van der Waals surface area (Å²) in [5, 5.41) is 17.6. The molecule has 3 nitrogen and oxygen atoms in total. The fourth-order valence-electron chi connectivity index (χ4n) is 1.28. The second kappa shape index (κ2) is 5.77. The SMILES string of the molecule is CC(C)(Cc1ccc(C#N)cc1)C(=O)O.[Zn]. The third kappa shape index (κ3) is 3.75. The summed E-state index contributed by atoms with van der Waals surface area (Å²) in [6.45, 7) is 3.38. The van der Waals surface area contributed by atoms with Gasteiger partial charge in [-0.15, -0.1) is 0 Å². The van der Waals surface area contributed by atoms with E-state index < -0.39 is 11.4 Å². The van der Waals surface area contributed by atoms with E-state index in [0.29, 0.717) is 12.0 Å². The second-order valence-corrected chi connectivity index (χ2v) is 4.17.